The Bertz CT molecular complexity index is 1090. The number of amides is 3. The summed E-state index contributed by atoms with van der Waals surface area (Å²) in [4.78, 5) is 42.6. The molecule has 0 saturated heterocycles. The number of hydrogen-bond donors (Lipinski definition) is 0. The molecular weight excluding hydrogens is 380 g/mol. The van der Waals surface area contributed by atoms with Crippen LogP contribution in [0, 0.1) is 6.92 Å². The van der Waals surface area contributed by atoms with Crippen molar-refractivity contribution < 1.29 is 19.1 Å². The minimum Gasteiger partial charge on any atom is -0.443 e. The lowest BCUT2D eigenvalue weighted by Gasteiger charge is -2.36. The van der Waals surface area contributed by atoms with E-state index >= 15 is 0 Å². The summed E-state index contributed by atoms with van der Waals surface area (Å²) in [5.41, 5.74) is 1.05. The van der Waals surface area contributed by atoms with E-state index in [0.29, 0.717) is 22.4 Å². The maximum atomic E-state index is 13.7. The molecule has 0 N–H and O–H groups in total. The first-order chi connectivity index (χ1) is 14.1. The number of carbonyl (C=O) groups excluding carboxylic acids is 3. The number of nitrogens with zero attached hydrogens (tertiary/aromatic N) is 2. The molecule has 0 aromatic heterocycles. The molecule has 2 aromatic carbocycles. The zero-order valence-corrected chi connectivity index (χ0v) is 17.7. The summed E-state index contributed by atoms with van der Waals surface area (Å²) in [5.74, 6) is -0.939. The number of benzene rings is 2. The van der Waals surface area contributed by atoms with Gasteiger partial charge in [0, 0.05) is 29.9 Å². The lowest BCUT2D eigenvalue weighted by atomic mass is 9.80. The highest BCUT2D eigenvalue weighted by molar-refractivity contribution is 6.25. The Hall–Kier alpha value is -3.41. The molecule has 2 aliphatic heterocycles. The molecule has 2 aromatic rings. The number of imide groups is 1. The van der Waals surface area contributed by atoms with Crippen LogP contribution in [0.15, 0.2) is 54.6 Å². The minimum atomic E-state index is -1.60. The van der Waals surface area contributed by atoms with Crippen molar-refractivity contribution >= 4 is 29.2 Å². The van der Waals surface area contributed by atoms with E-state index in [1.54, 1.807) is 40.0 Å². The first-order valence-corrected chi connectivity index (χ1v) is 9.81. The Morgan fingerprint density at radius 2 is 1.63 bits per heavy atom. The fraction of sp³-hybridized carbons (Fsp3) is 0.292. The summed E-state index contributed by atoms with van der Waals surface area (Å²) in [7, 11) is 1.65. The Labute approximate surface area is 175 Å². The lowest BCUT2D eigenvalue weighted by molar-refractivity contribution is -0.136. The third-order valence-corrected chi connectivity index (χ3v) is 5.42. The number of anilines is 1. The molecule has 2 aliphatic rings. The quantitative estimate of drug-likeness (QED) is 0.720. The van der Waals surface area contributed by atoms with Crippen molar-refractivity contribution in [2.75, 3.05) is 11.9 Å². The maximum absolute atomic E-state index is 13.7. The highest BCUT2D eigenvalue weighted by Crippen LogP contribution is 2.54. The zero-order valence-electron chi connectivity index (χ0n) is 17.7. The standard InChI is InChI=1S/C24H24N2O4/c1-15-10-12-16(13-11-15)18-14-20(27)26(22(29)30-23(2,3)4)24(18)17-8-6-7-9-19(17)25(5)21(24)28/h6-14H,1-5H3/t24-/m1/s1. The number of rotatable bonds is 1. The molecule has 4 rings (SSSR count). The Morgan fingerprint density at radius 3 is 2.27 bits per heavy atom. The van der Waals surface area contributed by atoms with E-state index in [0.717, 1.165) is 10.5 Å². The van der Waals surface area contributed by atoms with Gasteiger partial charge in [0.05, 0.1) is 0 Å². The highest BCUT2D eigenvalue weighted by atomic mass is 16.6. The molecule has 6 heteroatoms. The molecule has 6 nitrogen and oxygen atoms in total. The van der Waals surface area contributed by atoms with Gasteiger partial charge in [-0.25, -0.2) is 9.69 Å². The van der Waals surface area contributed by atoms with Gasteiger partial charge in [0.25, 0.3) is 11.8 Å². The van der Waals surface area contributed by atoms with Gasteiger partial charge in [-0.1, -0.05) is 48.0 Å². The summed E-state index contributed by atoms with van der Waals surface area (Å²) in [5, 5.41) is 0. The Morgan fingerprint density at radius 1 is 1.00 bits per heavy atom. The number of carbonyl (C=O) groups is 3. The van der Waals surface area contributed by atoms with Crippen LogP contribution in [0.5, 0.6) is 0 Å². The molecule has 0 unspecified atom stereocenters. The SMILES string of the molecule is Cc1ccc(C2=CC(=O)N(C(=O)OC(C)(C)C)[C@@]23C(=O)N(C)c2ccccc23)cc1. The van der Waals surface area contributed by atoms with E-state index in [9.17, 15) is 14.4 Å². The molecule has 0 saturated carbocycles. The predicted molar refractivity (Wildman–Crippen MR) is 114 cm³/mol. The average molecular weight is 404 g/mol. The van der Waals surface area contributed by atoms with Gasteiger partial charge in [0.1, 0.15) is 5.60 Å². The van der Waals surface area contributed by atoms with E-state index in [4.69, 9.17) is 4.74 Å². The molecule has 0 bridgehead atoms. The monoisotopic (exact) mass is 404 g/mol. The number of aryl methyl sites for hydroxylation is 1. The lowest BCUT2D eigenvalue weighted by Crippen LogP contribution is -2.55. The van der Waals surface area contributed by atoms with Crippen molar-refractivity contribution in [2.45, 2.75) is 38.8 Å². The molecule has 0 radical (unpaired) electrons. The van der Waals surface area contributed by atoms with E-state index in [1.165, 1.54) is 11.0 Å². The van der Waals surface area contributed by atoms with Gasteiger partial charge in [0.2, 0.25) is 0 Å². The van der Waals surface area contributed by atoms with Crippen LogP contribution in [0.3, 0.4) is 0 Å². The van der Waals surface area contributed by atoms with E-state index in [2.05, 4.69) is 0 Å². The Kier molecular flexibility index (Phi) is 4.34. The Balaban J connectivity index is 1.98. The normalized spacial score (nSPS) is 20.6. The molecule has 1 spiro atoms. The summed E-state index contributed by atoms with van der Waals surface area (Å²) >= 11 is 0. The summed E-state index contributed by atoms with van der Waals surface area (Å²) in [6.07, 6.45) is 0.534. The molecular formula is C24H24N2O4. The third kappa shape index (κ3) is 2.75. The van der Waals surface area contributed by atoms with Crippen LogP contribution < -0.4 is 4.90 Å². The van der Waals surface area contributed by atoms with Crippen LogP contribution in [-0.2, 0) is 19.9 Å². The van der Waals surface area contributed by atoms with E-state index in [-0.39, 0.29) is 5.91 Å². The smallest absolute Gasteiger partial charge is 0.418 e. The average Bonchev–Trinajstić information content (AvgIpc) is 3.10. The molecule has 154 valence electrons. The second-order valence-electron chi connectivity index (χ2n) is 8.67. The molecule has 2 heterocycles. The molecule has 1 atom stereocenters. The van der Waals surface area contributed by atoms with Gasteiger partial charge in [-0.2, -0.15) is 0 Å². The van der Waals surface area contributed by atoms with E-state index in [1.807, 2.05) is 43.3 Å². The molecule has 0 aliphatic carbocycles. The minimum absolute atomic E-state index is 0.368. The van der Waals surface area contributed by atoms with Crippen molar-refractivity contribution in [3.05, 3.63) is 71.3 Å². The fourth-order valence-electron chi connectivity index (χ4n) is 4.15. The summed E-state index contributed by atoms with van der Waals surface area (Å²) in [6.45, 7) is 7.14. The van der Waals surface area contributed by atoms with Crippen molar-refractivity contribution in [3.63, 3.8) is 0 Å². The van der Waals surface area contributed by atoms with Crippen molar-refractivity contribution in [1.82, 2.24) is 4.90 Å². The summed E-state index contributed by atoms with van der Waals surface area (Å²) < 4.78 is 5.54. The van der Waals surface area contributed by atoms with Crippen LogP contribution in [-0.4, -0.2) is 35.5 Å². The maximum Gasteiger partial charge on any atom is 0.418 e. The van der Waals surface area contributed by atoms with Gasteiger partial charge in [-0.15, -0.1) is 0 Å². The first-order valence-electron chi connectivity index (χ1n) is 9.81. The van der Waals surface area contributed by atoms with Crippen molar-refractivity contribution in [3.8, 4) is 0 Å². The zero-order chi connectivity index (χ0) is 21.8. The van der Waals surface area contributed by atoms with Crippen molar-refractivity contribution in [1.29, 1.82) is 0 Å². The number of hydrogen-bond acceptors (Lipinski definition) is 4. The topological polar surface area (TPSA) is 66.9 Å². The van der Waals surface area contributed by atoms with Crippen molar-refractivity contribution in [2.24, 2.45) is 0 Å². The van der Waals surface area contributed by atoms with Crippen LogP contribution in [0.2, 0.25) is 0 Å². The molecule has 3 amide bonds. The van der Waals surface area contributed by atoms with Gasteiger partial charge in [-0.3, -0.25) is 9.59 Å². The van der Waals surface area contributed by atoms with Gasteiger partial charge in [0.15, 0.2) is 5.54 Å². The summed E-state index contributed by atoms with van der Waals surface area (Å²) in [6, 6.07) is 14.8. The molecule has 0 fully saturated rings. The second kappa shape index (κ2) is 6.55. The number of para-hydroxylation sites is 1. The largest absolute Gasteiger partial charge is 0.443 e. The fourth-order valence-corrected chi connectivity index (χ4v) is 4.15. The van der Waals surface area contributed by atoms with Gasteiger partial charge < -0.3 is 9.64 Å². The van der Waals surface area contributed by atoms with E-state index < -0.39 is 23.1 Å². The number of likely N-dealkylation sites (N-methyl/N-ethyl adjacent to an activating group) is 1. The third-order valence-electron chi connectivity index (χ3n) is 5.42. The van der Waals surface area contributed by atoms with Crippen LogP contribution in [0.4, 0.5) is 10.5 Å². The molecule has 30 heavy (non-hydrogen) atoms. The second-order valence-corrected chi connectivity index (χ2v) is 8.67. The predicted octanol–water partition coefficient (Wildman–Crippen LogP) is 4.03. The van der Waals surface area contributed by atoms with Crippen LogP contribution in [0.1, 0.15) is 37.5 Å². The first kappa shape index (κ1) is 19.9. The highest BCUT2D eigenvalue weighted by Gasteiger charge is 2.63. The van der Waals surface area contributed by atoms with Crippen LogP contribution in [0.25, 0.3) is 5.57 Å². The van der Waals surface area contributed by atoms with Gasteiger partial charge >= 0.3 is 6.09 Å². The number of ether oxygens (including phenoxy) is 1. The van der Waals surface area contributed by atoms with Crippen LogP contribution >= 0.6 is 0 Å². The number of fused-ring (bicyclic) bond motifs is 2. The van der Waals surface area contributed by atoms with Gasteiger partial charge in [-0.05, 0) is 39.3 Å².